The van der Waals surface area contributed by atoms with Crippen molar-refractivity contribution in [3.63, 3.8) is 0 Å². The Labute approximate surface area is 186 Å². The van der Waals surface area contributed by atoms with E-state index in [1.807, 2.05) is 19.2 Å². The molecule has 9 nitrogen and oxygen atoms in total. The molecule has 0 saturated heterocycles. The molecule has 1 aliphatic rings. The molecule has 168 valence electrons. The average Bonchev–Trinajstić information content (AvgIpc) is 3.29. The lowest BCUT2D eigenvalue weighted by Crippen LogP contribution is -2.30. The molecule has 9 heteroatoms. The lowest BCUT2D eigenvalue weighted by atomic mass is 10.0. The van der Waals surface area contributed by atoms with Crippen molar-refractivity contribution in [1.29, 1.82) is 0 Å². The molecule has 0 amide bonds. The number of likely N-dealkylation sites (N-methyl/N-ethyl adjacent to an activating group) is 1. The number of rotatable bonds is 8. The molecule has 3 aromatic rings. The third-order valence-corrected chi connectivity index (χ3v) is 5.96. The van der Waals surface area contributed by atoms with Crippen molar-refractivity contribution in [2.45, 2.75) is 45.6 Å². The summed E-state index contributed by atoms with van der Waals surface area (Å²) in [6.07, 6.45) is 7.38. The summed E-state index contributed by atoms with van der Waals surface area (Å²) in [5.74, 6) is 0.744. The molecule has 0 radical (unpaired) electrons. The summed E-state index contributed by atoms with van der Waals surface area (Å²) in [4.78, 5) is 39.1. The molecule has 0 aliphatic heterocycles. The molecule has 3 heterocycles. The summed E-state index contributed by atoms with van der Waals surface area (Å²) >= 11 is 0. The first-order chi connectivity index (χ1) is 15.5. The Bertz CT molecular complexity index is 1180. The summed E-state index contributed by atoms with van der Waals surface area (Å²) in [5.41, 5.74) is 2.10. The van der Waals surface area contributed by atoms with Crippen LogP contribution < -0.4 is 21.5 Å². The Kier molecular flexibility index (Phi) is 6.45. The summed E-state index contributed by atoms with van der Waals surface area (Å²) in [7, 11) is 1.91. The summed E-state index contributed by atoms with van der Waals surface area (Å²) in [5, 5.41) is 10.2. The van der Waals surface area contributed by atoms with Crippen molar-refractivity contribution in [3.8, 4) is 0 Å². The molecule has 0 spiro atoms. The normalized spacial score (nSPS) is 14.1. The van der Waals surface area contributed by atoms with Crippen LogP contribution in [-0.2, 0) is 0 Å². The van der Waals surface area contributed by atoms with E-state index in [-0.39, 0.29) is 22.9 Å². The molecule has 4 rings (SSSR count). The highest BCUT2D eigenvalue weighted by atomic mass is 16.1. The van der Waals surface area contributed by atoms with Crippen molar-refractivity contribution in [1.82, 2.24) is 24.8 Å². The van der Waals surface area contributed by atoms with E-state index in [2.05, 4.69) is 30.9 Å². The zero-order chi connectivity index (χ0) is 22.7. The number of fused-ring (bicyclic) bond motifs is 1. The number of pyridine rings is 2. The highest BCUT2D eigenvalue weighted by Gasteiger charge is 2.25. The van der Waals surface area contributed by atoms with E-state index in [9.17, 15) is 9.59 Å². The molecule has 1 saturated carbocycles. The van der Waals surface area contributed by atoms with Gasteiger partial charge in [0, 0.05) is 30.7 Å². The molecule has 0 atom stereocenters. The monoisotopic (exact) mass is 435 g/mol. The predicted octanol–water partition coefficient (Wildman–Crippen LogP) is 3.19. The number of nitrogens with one attached hydrogen (secondary N) is 3. The number of aromatic nitrogens is 4. The first-order valence-electron chi connectivity index (χ1n) is 11.0. The fraction of sp³-hybridized carbons (Fsp3) is 0.435. The standard InChI is InChI=1S/C23H29N7O2/c1-14-18-13-27-23(28-19-9-8-16(12-26-19)25-11-10-24-3)29-21(18)30(17-6-4-5-7-17)22(32)20(14)15(2)31/h8-9,12-13,17,24-25H,4-7,10-11H2,1-3H3,(H,26,27,28,29). The smallest absolute Gasteiger partial charge is 0.263 e. The number of nitrogens with zero attached hydrogens (tertiary/aromatic N) is 4. The van der Waals surface area contributed by atoms with Crippen LogP contribution in [0.25, 0.3) is 11.0 Å². The summed E-state index contributed by atoms with van der Waals surface area (Å²) in [6, 6.07) is 3.83. The topological polar surface area (TPSA) is 114 Å². The number of aryl methyl sites for hydroxylation is 1. The summed E-state index contributed by atoms with van der Waals surface area (Å²) < 4.78 is 1.71. The second-order valence-corrected chi connectivity index (χ2v) is 8.19. The van der Waals surface area contributed by atoms with Gasteiger partial charge >= 0.3 is 0 Å². The molecule has 1 aliphatic carbocycles. The fourth-order valence-electron chi connectivity index (χ4n) is 4.33. The van der Waals surface area contributed by atoms with Gasteiger partial charge in [0.05, 0.1) is 17.4 Å². The first kappa shape index (κ1) is 21.9. The number of anilines is 3. The lowest BCUT2D eigenvalue weighted by Gasteiger charge is -2.19. The van der Waals surface area contributed by atoms with E-state index in [0.29, 0.717) is 23.0 Å². The number of hydrogen-bond donors (Lipinski definition) is 3. The number of carbonyl (C=O) groups is 1. The number of ketones is 1. The van der Waals surface area contributed by atoms with E-state index in [4.69, 9.17) is 0 Å². The Morgan fingerprint density at radius 1 is 1.16 bits per heavy atom. The van der Waals surface area contributed by atoms with Crippen molar-refractivity contribution < 1.29 is 4.79 Å². The fourth-order valence-corrected chi connectivity index (χ4v) is 4.33. The molecule has 0 unspecified atom stereocenters. The van der Waals surface area contributed by atoms with Gasteiger partial charge in [-0.05, 0) is 51.4 Å². The van der Waals surface area contributed by atoms with Crippen LogP contribution in [0, 0.1) is 6.92 Å². The molecule has 1 fully saturated rings. The Morgan fingerprint density at radius 2 is 1.94 bits per heavy atom. The van der Waals surface area contributed by atoms with Gasteiger partial charge in [0.1, 0.15) is 11.5 Å². The maximum Gasteiger partial charge on any atom is 0.263 e. The first-order valence-corrected chi connectivity index (χ1v) is 11.0. The predicted molar refractivity (Wildman–Crippen MR) is 126 cm³/mol. The number of hydrogen-bond acceptors (Lipinski definition) is 8. The van der Waals surface area contributed by atoms with Gasteiger partial charge in [-0.2, -0.15) is 4.98 Å². The minimum atomic E-state index is -0.255. The zero-order valence-electron chi connectivity index (χ0n) is 18.7. The van der Waals surface area contributed by atoms with Gasteiger partial charge in [-0.1, -0.05) is 12.8 Å². The quantitative estimate of drug-likeness (QED) is 0.365. The zero-order valence-corrected chi connectivity index (χ0v) is 18.7. The molecular formula is C23H29N7O2. The Morgan fingerprint density at radius 3 is 2.59 bits per heavy atom. The van der Waals surface area contributed by atoms with Gasteiger partial charge in [-0.25, -0.2) is 9.97 Å². The van der Waals surface area contributed by atoms with Crippen molar-refractivity contribution in [2.75, 3.05) is 30.8 Å². The molecule has 3 aromatic heterocycles. The van der Waals surface area contributed by atoms with E-state index in [0.717, 1.165) is 49.8 Å². The number of Topliss-reactive ketones (excluding diaryl/α,β-unsaturated/α-hetero) is 1. The number of carbonyl (C=O) groups excluding carboxylic acids is 1. The van der Waals surface area contributed by atoms with Gasteiger partial charge in [-0.15, -0.1) is 0 Å². The second kappa shape index (κ2) is 9.44. The van der Waals surface area contributed by atoms with Gasteiger partial charge in [0.2, 0.25) is 5.95 Å². The van der Waals surface area contributed by atoms with Crippen LogP contribution in [0.5, 0.6) is 0 Å². The maximum atomic E-state index is 13.3. The Hall–Kier alpha value is -3.33. The summed E-state index contributed by atoms with van der Waals surface area (Å²) in [6.45, 7) is 4.89. The van der Waals surface area contributed by atoms with Gasteiger partial charge in [-0.3, -0.25) is 14.2 Å². The highest BCUT2D eigenvalue weighted by Crippen LogP contribution is 2.32. The maximum absolute atomic E-state index is 13.3. The van der Waals surface area contributed by atoms with Crippen LogP contribution in [0.4, 0.5) is 17.5 Å². The Balaban J connectivity index is 1.70. The molecule has 3 N–H and O–H groups in total. The molecule has 32 heavy (non-hydrogen) atoms. The van der Waals surface area contributed by atoms with Crippen molar-refractivity contribution >= 4 is 34.3 Å². The molecule has 0 bridgehead atoms. The average molecular weight is 436 g/mol. The highest BCUT2D eigenvalue weighted by molar-refractivity contribution is 5.99. The van der Waals surface area contributed by atoms with Gasteiger partial charge in [0.25, 0.3) is 5.56 Å². The van der Waals surface area contributed by atoms with E-state index in [1.54, 1.807) is 23.9 Å². The van der Waals surface area contributed by atoms with E-state index < -0.39 is 0 Å². The van der Waals surface area contributed by atoms with E-state index in [1.165, 1.54) is 6.92 Å². The van der Waals surface area contributed by atoms with Gasteiger partial charge < -0.3 is 16.0 Å². The minimum Gasteiger partial charge on any atom is -0.383 e. The minimum absolute atomic E-state index is 0.0487. The van der Waals surface area contributed by atoms with Crippen LogP contribution >= 0.6 is 0 Å². The third kappa shape index (κ3) is 4.34. The second-order valence-electron chi connectivity index (χ2n) is 8.19. The van der Waals surface area contributed by atoms with Crippen molar-refractivity contribution in [3.05, 3.63) is 46.0 Å². The van der Waals surface area contributed by atoms with Gasteiger partial charge in [0.15, 0.2) is 5.78 Å². The third-order valence-electron chi connectivity index (χ3n) is 5.96. The van der Waals surface area contributed by atoms with E-state index >= 15 is 0 Å². The lowest BCUT2D eigenvalue weighted by molar-refractivity contribution is 0.101. The largest absolute Gasteiger partial charge is 0.383 e. The van der Waals surface area contributed by atoms with Crippen molar-refractivity contribution in [2.24, 2.45) is 0 Å². The SMILES string of the molecule is CNCCNc1ccc(Nc2ncc3c(C)c(C(C)=O)c(=O)n(C4CCCC4)c3n2)nc1. The van der Waals surface area contributed by atoms with Crippen LogP contribution in [0.2, 0.25) is 0 Å². The van der Waals surface area contributed by atoms with Crippen LogP contribution in [0.15, 0.2) is 29.3 Å². The molecule has 0 aromatic carbocycles. The molecular weight excluding hydrogens is 406 g/mol. The van der Waals surface area contributed by atoms with Crippen LogP contribution in [0.1, 0.15) is 54.6 Å². The van der Waals surface area contributed by atoms with Crippen LogP contribution in [-0.4, -0.2) is 45.4 Å². The van der Waals surface area contributed by atoms with Crippen LogP contribution in [0.3, 0.4) is 0 Å².